The second-order valence-corrected chi connectivity index (χ2v) is 10.0. The van der Waals surface area contributed by atoms with Gasteiger partial charge in [0.15, 0.2) is 16.7 Å². The molecule has 1 atom stereocenters. The molecular formula is C29H27N3O7S. The zero-order valence-corrected chi connectivity index (χ0v) is 22.7. The minimum atomic E-state index is -0.706. The number of hydrogen-bond acceptors (Lipinski definition) is 9. The Morgan fingerprint density at radius 3 is 2.52 bits per heavy atom. The van der Waals surface area contributed by atoms with E-state index in [-0.39, 0.29) is 38.2 Å². The Morgan fingerprint density at radius 2 is 1.80 bits per heavy atom. The molecule has 2 amide bonds. The molecule has 0 bridgehead atoms. The number of hydrogen-bond donors (Lipinski definition) is 1. The summed E-state index contributed by atoms with van der Waals surface area (Å²) in [4.78, 5) is 44.8. The van der Waals surface area contributed by atoms with E-state index in [0.717, 1.165) is 5.56 Å². The number of anilines is 1. The maximum Gasteiger partial charge on any atom is 0.338 e. The van der Waals surface area contributed by atoms with Crippen LogP contribution in [0.25, 0.3) is 0 Å². The van der Waals surface area contributed by atoms with Crippen LogP contribution in [-0.2, 0) is 20.9 Å². The molecule has 1 unspecified atom stereocenters. The number of carbonyl (C=O) groups excluding carboxylic acids is 3. The average molecular weight is 562 g/mol. The number of amidine groups is 1. The molecule has 1 saturated heterocycles. The van der Waals surface area contributed by atoms with Gasteiger partial charge in [-0.2, -0.15) is 0 Å². The molecule has 10 nitrogen and oxygen atoms in total. The monoisotopic (exact) mass is 561 g/mol. The lowest BCUT2D eigenvalue weighted by Gasteiger charge is -2.32. The predicted octanol–water partition coefficient (Wildman–Crippen LogP) is 4.76. The fourth-order valence-corrected chi connectivity index (χ4v) is 5.21. The number of benzene rings is 3. The zero-order chi connectivity index (χ0) is 28.1. The van der Waals surface area contributed by atoms with Crippen molar-refractivity contribution in [3.63, 3.8) is 0 Å². The molecule has 2 aliphatic rings. The molecule has 0 radical (unpaired) electrons. The smallest absolute Gasteiger partial charge is 0.338 e. The summed E-state index contributed by atoms with van der Waals surface area (Å²) < 4.78 is 21.1. The number of aliphatic imine (C=N–C) groups is 1. The maximum atomic E-state index is 13.4. The van der Waals surface area contributed by atoms with Crippen molar-refractivity contribution in [3.05, 3.63) is 77.9 Å². The summed E-state index contributed by atoms with van der Waals surface area (Å²) in [7, 11) is 1.58. The van der Waals surface area contributed by atoms with E-state index in [1.54, 1.807) is 67.5 Å². The molecule has 3 aromatic carbocycles. The van der Waals surface area contributed by atoms with Crippen LogP contribution in [0.2, 0.25) is 0 Å². The lowest BCUT2D eigenvalue weighted by atomic mass is 10.1. The largest absolute Gasteiger partial charge is 0.497 e. The van der Waals surface area contributed by atoms with Gasteiger partial charge in [-0.3, -0.25) is 14.5 Å². The molecule has 1 fully saturated rings. The van der Waals surface area contributed by atoms with Crippen molar-refractivity contribution in [2.24, 2.45) is 4.99 Å². The molecule has 2 heterocycles. The summed E-state index contributed by atoms with van der Waals surface area (Å²) in [5.74, 6) is 0.945. The summed E-state index contributed by atoms with van der Waals surface area (Å²) >= 11 is 1.22. The first kappa shape index (κ1) is 27.1. The number of nitrogens with one attached hydrogen (secondary N) is 1. The summed E-state index contributed by atoms with van der Waals surface area (Å²) in [5.41, 5.74) is 2.34. The van der Waals surface area contributed by atoms with Gasteiger partial charge in [-0.25, -0.2) is 9.79 Å². The van der Waals surface area contributed by atoms with Crippen LogP contribution in [0.3, 0.4) is 0 Å². The third kappa shape index (κ3) is 6.20. The zero-order valence-electron chi connectivity index (χ0n) is 21.9. The van der Waals surface area contributed by atoms with Crippen molar-refractivity contribution in [2.75, 3.05) is 25.8 Å². The van der Waals surface area contributed by atoms with E-state index >= 15 is 0 Å². The van der Waals surface area contributed by atoms with Gasteiger partial charge in [0.05, 0.1) is 31.5 Å². The molecule has 3 aromatic rings. The van der Waals surface area contributed by atoms with Gasteiger partial charge in [-0.15, -0.1) is 0 Å². The summed E-state index contributed by atoms with van der Waals surface area (Å²) in [6.45, 7) is 2.42. The quantitative estimate of drug-likeness (QED) is 0.392. The van der Waals surface area contributed by atoms with Crippen LogP contribution in [0.15, 0.2) is 71.7 Å². The number of nitrogens with zero attached hydrogens (tertiary/aromatic N) is 2. The lowest BCUT2D eigenvalue weighted by molar-refractivity contribution is -0.129. The highest BCUT2D eigenvalue weighted by Gasteiger charge is 2.36. The molecule has 11 heteroatoms. The van der Waals surface area contributed by atoms with E-state index in [2.05, 4.69) is 5.32 Å². The van der Waals surface area contributed by atoms with E-state index < -0.39 is 11.2 Å². The second kappa shape index (κ2) is 12.1. The second-order valence-electron chi connectivity index (χ2n) is 8.86. The Morgan fingerprint density at radius 1 is 1.05 bits per heavy atom. The predicted molar refractivity (Wildman–Crippen MR) is 150 cm³/mol. The lowest BCUT2D eigenvalue weighted by Crippen LogP contribution is -2.44. The summed E-state index contributed by atoms with van der Waals surface area (Å²) in [6, 6.07) is 19.0. The van der Waals surface area contributed by atoms with Gasteiger partial charge in [0.25, 0.3) is 0 Å². The Labute approximate surface area is 235 Å². The molecule has 206 valence electrons. The minimum absolute atomic E-state index is 0.0103. The third-order valence-corrected chi connectivity index (χ3v) is 7.36. The van der Waals surface area contributed by atoms with E-state index in [1.165, 1.54) is 11.8 Å². The first-order chi connectivity index (χ1) is 19.4. The number of fused-ring (bicyclic) bond motifs is 1. The fraction of sp³-hybridized carbons (Fsp3) is 0.241. The van der Waals surface area contributed by atoms with Crippen LogP contribution in [0.1, 0.15) is 29.3 Å². The normalized spacial score (nSPS) is 17.1. The van der Waals surface area contributed by atoms with Crippen LogP contribution >= 0.6 is 11.8 Å². The minimum Gasteiger partial charge on any atom is -0.497 e. The summed E-state index contributed by atoms with van der Waals surface area (Å²) in [5, 5.41) is 2.53. The topological polar surface area (TPSA) is 116 Å². The van der Waals surface area contributed by atoms with Crippen molar-refractivity contribution in [2.45, 2.75) is 25.1 Å². The standard InChI is InChI=1S/C29H27N3O7S/c1-3-37-28(35)19-5-7-20(8-6-19)30-27(34)25-15-26(33)32(16-18-4-13-23-24(14-18)39-17-38-23)29(40-25)31-21-9-11-22(36-2)12-10-21/h4-14,25H,3,15-17H2,1-2H3,(H,30,34). The van der Waals surface area contributed by atoms with Crippen molar-refractivity contribution in [1.29, 1.82) is 0 Å². The number of ether oxygens (including phenoxy) is 4. The highest BCUT2D eigenvalue weighted by Crippen LogP contribution is 2.35. The van der Waals surface area contributed by atoms with E-state index in [4.69, 9.17) is 23.9 Å². The highest BCUT2D eigenvalue weighted by molar-refractivity contribution is 8.15. The van der Waals surface area contributed by atoms with Gasteiger partial charge >= 0.3 is 5.97 Å². The van der Waals surface area contributed by atoms with Gasteiger partial charge in [-0.05, 0) is 73.2 Å². The molecule has 40 heavy (non-hydrogen) atoms. The Kier molecular flexibility index (Phi) is 8.20. The van der Waals surface area contributed by atoms with E-state index in [0.29, 0.717) is 39.4 Å². The number of methoxy groups -OCH3 is 1. The summed E-state index contributed by atoms with van der Waals surface area (Å²) in [6.07, 6.45) is -0.0103. The molecular weight excluding hydrogens is 534 g/mol. The van der Waals surface area contributed by atoms with Crippen molar-refractivity contribution >= 4 is 46.1 Å². The van der Waals surface area contributed by atoms with Crippen LogP contribution in [0.5, 0.6) is 17.2 Å². The Hall–Kier alpha value is -4.51. The molecule has 0 aliphatic carbocycles. The number of carbonyl (C=O) groups is 3. The number of esters is 1. The number of thioether (sulfide) groups is 1. The van der Waals surface area contributed by atoms with E-state index in [1.807, 2.05) is 18.2 Å². The van der Waals surface area contributed by atoms with Crippen LogP contribution in [0.4, 0.5) is 11.4 Å². The SMILES string of the molecule is CCOC(=O)c1ccc(NC(=O)C2CC(=O)N(Cc3ccc4c(c3)OCO4)C(=Nc3ccc(OC)cc3)S2)cc1. The van der Waals surface area contributed by atoms with Gasteiger partial charge in [0, 0.05) is 12.1 Å². The highest BCUT2D eigenvalue weighted by atomic mass is 32.2. The van der Waals surface area contributed by atoms with Crippen molar-refractivity contribution < 1.29 is 33.3 Å². The van der Waals surface area contributed by atoms with Gasteiger partial charge < -0.3 is 24.3 Å². The molecule has 0 spiro atoms. The van der Waals surface area contributed by atoms with Crippen LogP contribution in [-0.4, -0.2) is 53.6 Å². The van der Waals surface area contributed by atoms with Crippen molar-refractivity contribution in [3.8, 4) is 17.2 Å². The molecule has 5 rings (SSSR count). The number of amides is 2. The maximum absolute atomic E-state index is 13.4. The van der Waals surface area contributed by atoms with Gasteiger partial charge in [-0.1, -0.05) is 17.8 Å². The Bertz CT molecular complexity index is 1440. The van der Waals surface area contributed by atoms with Crippen LogP contribution in [0, 0.1) is 0 Å². The fourth-order valence-electron chi connectivity index (χ4n) is 4.11. The first-order valence-electron chi connectivity index (χ1n) is 12.6. The van der Waals surface area contributed by atoms with Crippen molar-refractivity contribution in [1.82, 2.24) is 4.90 Å². The van der Waals surface area contributed by atoms with Crippen LogP contribution < -0.4 is 19.5 Å². The number of rotatable bonds is 8. The van der Waals surface area contributed by atoms with Gasteiger partial charge in [0.2, 0.25) is 18.6 Å². The molecule has 1 N–H and O–H groups in total. The molecule has 0 saturated carbocycles. The van der Waals surface area contributed by atoms with E-state index in [9.17, 15) is 14.4 Å². The average Bonchev–Trinajstić information content (AvgIpc) is 3.43. The molecule has 0 aromatic heterocycles. The first-order valence-corrected chi connectivity index (χ1v) is 13.5. The Balaban J connectivity index is 1.35. The molecule has 2 aliphatic heterocycles. The van der Waals surface area contributed by atoms with Gasteiger partial charge in [0.1, 0.15) is 11.0 Å². The third-order valence-electron chi connectivity index (χ3n) is 6.17.